The van der Waals surface area contributed by atoms with Crippen LogP contribution in [-0.2, 0) is 0 Å². The predicted octanol–water partition coefficient (Wildman–Crippen LogP) is 3.60. The van der Waals surface area contributed by atoms with Gasteiger partial charge in [-0.25, -0.2) is 0 Å². The molecule has 1 heterocycles. The Morgan fingerprint density at radius 3 is 2.62 bits per heavy atom. The van der Waals surface area contributed by atoms with Crippen molar-refractivity contribution in [2.45, 2.75) is 32.6 Å². The zero-order valence-electron chi connectivity index (χ0n) is 12.0. The highest BCUT2D eigenvalue weighted by atomic mass is 79.9. The monoisotopic (exact) mass is 350 g/mol. The summed E-state index contributed by atoms with van der Waals surface area (Å²) in [6.45, 7) is 2.77. The van der Waals surface area contributed by atoms with Crippen molar-refractivity contribution in [3.8, 4) is 0 Å². The minimum atomic E-state index is -0.249. The molecule has 0 aliphatic heterocycles. The van der Waals surface area contributed by atoms with Crippen LogP contribution < -0.4 is 10.9 Å². The van der Waals surface area contributed by atoms with Crippen LogP contribution in [0, 0.1) is 0 Å². The molecule has 1 amide bonds. The van der Waals surface area contributed by atoms with Crippen LogP contribution >= 0.6 is 15.9 Å². The van der Waals surface area contributed by atoms with E-state index in [2.05, 4.69) is 33.2 Å². The fraction of sp³-hybridized carbons (Fsp3) is 0.375. The molecular weight excluding hydrogens is 332 g/mol. The molecule has 0 spiro atoms. The smallest absolute Gasteiger partial charge is 0.269 e. The zero-order valence-corrected chi connectivity index (χ0v) is 13.6. The molecule has 1 aromatic heterocycles. The average molecular weight is 351 g/mol. The van der Waals surface area contributed by atoms with Gasteiger partial charge in [0.05, 0.1) is 4.47 Å². The van der Waals surface area contributed by atoms with E-state index in [4.69, 9.17) is 0 Å². The standard InChI is InChI=1S/C16H19BrN2O2/c1-2-3-4-7-10-18-16(21)14-13(17)11-8-5-6-9-12(11)15(20)19-14/h5-6,8-9H,2-4,7,10H2,1H3,(H,18,21)(H,19,20). The minimum absolute atomic E-state index is 0.245. The summed E-state index contributed by atoms with van der Waals surface area (Å²) >= 11 is 3.42. The number of halogens is 1. The minimum Gasteiger partial charge on any atom is -0.351 e. The lowest BCUT2D eigenvalue weighted by Crippen LogP contribution is -2.28. The highest BCUT2D eigenvalue weighted by Gasteiger charge is 2.14. The summed E-state index contributed by atoms with van der Waals surface area (Å²) in [5.41, 5.74) is 0.0409. The van der Waals surface area contributed by atoms with Crippen molar-refractivity contribution in [1.82, 2.24) is 10.3 Å². The van der Waals surface area contributed by atoms with Gasteiger partial charge in [0.25, 0.3) is 11.5 Å². The van der Waals surface area contributed by atoms with Gasteiger partial charge in [0.1, 0.15) is 5.69 Å². The van der Waals surface area contributed by atoms with Gasteiger partial charge in [-0.2, -0.15) is 0 Å². The molecule has 4 nitrogen and oxygen atoms in total. The molecule has 0 saturated heterocycles. The molecule has 0 fully saturated rings. The summed E-state index contributed by atoms with van der Waals surface area (Å²) < 4.78 is 0.628. The summed E-state index contributed by atoms with van der Waals surface area (Å²) in [5.74, 6) is -0.249. The quantitative estimate of drug-likeness (QED) is 0.781. The molecule has 21 heavy (non-hydrogen) atoms. The summed E-state index contributed by atoms with van der Waals surface area (Å²) in [5, 5.41) is 4.17. The SMILES string of the molecule is CCCCCCNC(=O)c1[nH]c(=O)c2ccccc2c1Br. The molecule has 2 N–H and O–H groups in total. The van der Waals surface area contributed by atoms with Gasteiger partial charge in [0, 0.05) is 17.3 Å². The van der Waals surface area contributed by atoms with Crippen LogP contribution in [0.3, 0.4) is 0 Å². The van der Waals surface area contributed by atoms with E-state index < -0.39 is 0 Å². The Morgan fingerprint density at radius 1 is 1.19 bits per heavy atom. The fourth-order valence-corrected chi connectivity index (χ4v) is 2.87. The number of amides is 1. The third-order valence-electron chi connectivity index (χ3n) is 3.41. The van der Waals surface area contributed by atoms with E-state index in [9.17, 15) is 9.59 Å². The first kappa shape index (κ1) is 15.8. The topological polar surface area (TPSA) is 62.0 Å². The molecule has 0 saturated carbocycles. The van der Waals surface area contributed by atoms with Crippen LogP contribution in [0.2, 0.25) is 0 Å². The number of unbranched alkanes of at least 4 members (excludes halogenated alkanes) is 3. The molecule has 0 radical (unpaired) electrons. The van der Waals surface area contributed by atoms with E-state index in [1.54, 1.807) is 12.1 Å². The largest absolute Gasteiger partial charge is 0.351 e. The van der Waals surface area contributed by atoms with Gasteiger partial charge in [0.15, 0.2) is 0 Å². The van der Waals surface area contributed by atoms with E-state index in [0.29, 0.717) is 16.4 Å². The third kappa shape index (κ3) is 3.73. The molecule has 2 rings (SSSR count). The van der Waals surface area contributed by atoms with Crippen LogP contribution in [0.15, 0.2) is 33.5 Å². The number of hydrogen-bond acceptors (Lipinski definition) is 2. The first-order valence-electron chi connectivity index (χ1n) is 7.24. The number of pyridine rings is 1. The van der Waals surface area contributed by atoms with E-state index in [-0.39, 0.29) is 17.2 Å². The van der Waals surface area contributed by atoms with Crippen molar-refractivity contribution in [3.05, 3.63) is 44.8 Å². The second kappa shape index (κ2) is 7.41. The Kier molecular flexibility index (Phi) is 5.56. The van der Waals surface area contributed by atoms with Crippen molar-refractivity contribution in [2.24, 2.45) is 0 Å². The lowest BCUT2D eigenvalue weighted by Gasteiger charge is -2.08. The highest BCUT2D eigenvalue weighted by molar-refractivity contribution is 9.10. The van der Waals surface area contributed by atoms with Gasteiger partial charge in [-0.1, -0.05) is 44.4 Å². The fourth-order valence-electron chi connectivity index (χ4n) is 2.24. The number of carbonyl (C=O) groups excluding carboxylic acids is 1. The predicted molar refractivity (Wildman–Crippen MR) is 88.7 cm³/mol. The number of aromatic amines is 1. The molecule has 5 heteroatoms. The van der Waals surface area contributed by atoms with E-state index >= 15 is 0 Å². The number of fused-ring (bicyclic) bond motifs is 1. The first-order valence-corrected chi connectivity index (χ1v) is 8.03. The zero-order chi connectivity index (χ0) is 15.2. The Morgan fingerprint density at radius 2 is 1.90 bits per heavy atom. The van der Waals surface area contributed by atoms with Crippen LogP contribution in [0.1, 0.15) is 43.1 Å². The van der Waals surface area contributed by atoms with Crippen molar-refractivity contribution in [2.75, 3.05) is 6.54 Å². The van der Waals surface area contributed by atoms with Crippen molar-refractivity contribution in [3.63, 3.8) is 0 Å². The molecular formula is C16H19BrN2O2. The van der Waals surface area contributed by atoms with Crippen LogP contribution in [-0.4, -0.2) is 17.4 Å². The second-order valence-corrected chi connectivity index (χ2v) is 5.80. The molecule has 112 valence electrons. The third-order valence-corrected chi connectivity index (χ3v) is 4.23. The molecule has 0 bridgehead atoms. The number of nitrogens with one attached hydrogen (secondary N) is 2. The molecule has 2 aromatic rings. The van der Waals surface area contributed by atoms with Crippen LogP contribution in [0.5, 0.6) is 0 Å². The van der Waals surface area contributed by atoms with Crippen LogP contribution in [0.4, 0.5) is 0 Å². The molecule has 1 aromatic carbocycles. The maximum Gasteiger partial charge on any atom is 0.269 e. The van der Waals surface area contributed by atoms with Crippen LogP contribution in [0.25, 0.3) is 10.8 Å². The lowest BCUT2D eigenvalue weighted by atomic mass is 10.1. The van der Waals surface area contributed by atoms with Gasteiger partial charge in [-0.05, 0) is 28.4 Å². The highest BCUT2D eigenvalue weighted by Crippen LogP contribution is 2.23. The number of benzene rings is 1. The molecule has 0 unspecified atom stereocenters. The number of carbonyl (C=O) groups is 1. The summed E-state index contributed by atoms with van der Waals surface area (Å²) in [6.07, 6.45) is 4.39. The van der Waals surface area contributed by atoms with E-state index in [0.717, 1.165) is 24.6 Å². The normalized spacial score (nSPS) is 10.8. The van der Waals surface area contributed by atoms with Crippen molar-refractivity contribution < 1.29 is 4.79 Å². The van der Waals surface area contributed by atoms with Gasteiger partial charge in [-0.3, -0.25) is 9.59 Å². The molecule has 0 aliphatic carbocycles. The van der Waals surface area contributed by atoms with Crippen molar-refractivity contribution in [1.29, 1.82) is 0 Å². The Bertz CT molecular complexity index is 694. The summed E-state index contributed by atoms with van der Waals surface area (Å²) in [6, 6.07) is 7.22. The number of H-pyrrole nitrogens is 1. The Hall–Kier alpha value is -1.62. The summed E-state index contributed by atoms with van der Waals surface area (Å²) in [7, 11) is 0. The number of rotatable bonds is 6. The molecule has 0 atom stereocenters. The second-order valence-electron chi connectivity index (χ2n) is 5.01. The number of hydrogen-bond donors (Lipinski definition) is 2. The molecule has 0 aliphatic rings. The van der Waals surface area contributed by atoms with Crippen molar-refractivity contribution >= 4 is 32.6 Å². The Labute approximate surface area is 132 Å². The van der Waals surface area contributed by atoms with Gasteiger partial charge in [-0.15, -0.1) is 0 Å². The maximum atomic E-state index is 12.2. The maximum absolute atomic E-state index is 12.2. The van der Waals surface area contributed by atoms with E-state index in [1.165, 1.54) is 6.42 Å². The average Bonchev–Trinajstić information content (AvgIpc) is 2.50. The Balaban J connectivity index is 2.16. The van der Waals surface area contributed by atoms with E-state index in [1.807, 2.05) is 12.1 Å². The van der Waals surface area contributed by atoms with Gasteiger partial charge >= 0.3 is 0 Å². The first-order chi connectivity index (χ1) is 10.1. The van der Waals surface area contributed by atoms with Gasteiger partial charge in [0.2, 0.25) is 0 Å². The number of aromatic nitrogens is 1. The van der Waals surface area contributed by atoms with Gasteiger partial charge < -0.3 is 10.3 Å². The summed E-state index contributed by atoms with van der Waals surface area (Å²) in [4.78, 5) is 26.9. The lowest BCUT2D eigenvalue weighted by molar-refractivity contribution is 0.0947.